The van der Waals surface area contributed by atoms with Gasteiger partial charge in [0.25, 0.3) is 5.91 Å². The van der Waals surface area contributed by atoms with E-state index in [1.165, 1.54) is 12.8 Å². The molecule has 4 nitrogen and oxygen atoms in total. The standard InChI is InChI=1S/C21H26ClNO3/c1-4-5-6-13-25-18-9-7-17(8-10-18)23-21(24)16(3)26-19-11-12-20(22)15(2)14-19/h7-12,14,16H,4-6,13H2,1-3H3,(H,23,24). The summed E-state index contributed by atoms with van der Waals surface area (Å²) in [5.74, 6) is 1.21. The Hall–Kier alpha value is -2.20. The van der Waals surface area contributed by atoms with Crippen molar-refractivity contribution < 1.29 is 14.3 Å². The van der Waals surface area contributed by atoms with Crippen LogP contribution in [0.3, 0.4) is 0 Å². The summed E-state index contributed by atoms with van der Waals surface area (Å²) in [6, 6.07) is 12.7. The summed E-state index contributed by atoms with van der Waals surface area (Å²) in [6.45, 7) is 6.48. The molecule has 0 saturated heterocycles. The van der Waals surface area contributed by atoms with Crippen molar-refractivity contribution in [1.82, 2.24) is 0 Å². The molecule has 0 spiro atoms. The SMILES string of the molecule is CCCCCOc1ccc(NC(=O)C(C)Oc2ccc(Cl)c(C)c2)cc1. The zero-order chi connectivity index (χ0) is 18.9. The Morgan fingerprint density at radius 1 is 1.12 bits per heavy atom. The van der Waals surface area contributed by atoms with Gasteiger partial charge < -0.3 is 14.8 Å². The van der Waals surface area contributed by atoms with E-state index in [9.17, 15) is 4.79 Å². The minimum atomic E-state index is -0.624. The second kappa shape index (κ2) is 10.1. The van der Waals surface area contributed by atoms with Crippen molar-refractivity contribution in [3.05, 3.63) is 53.1 Å². The number of hydrogen-bond acceptors (Lipinski definition) is 3. The Balaban J connectivity index is 1.84. The van der Waals surface area contributed by atoms with E-state index in [0.29, 0.717) is 23.1 Å². The van der Waals surface area contributed by atoms with Gasteiger partial charge in [-0.05, 0) is 68.3 Å². The number of anilines is 1. The number of hydrogen-bond donors (Lipinski definition) is 1. The predicted octanol–water partition coefficient (Wildman–Crippen LogP) is 5.62. The average molecular weight is 376 g/mol. The molecule has 0 aliphatic heterocycles. The smallest absolute Gasteiger partial charge is 0.265 e. The molecule has 0 aliphatic rings. The molecule has 1 N–H and O–H groups in total. The van der Waals surface area contributed by atoms with E-state index < -0.39 is 6.10 Å². The van der Waals surface area contributed by atoms with Crippen LogP contribution in [0, 0.1) is 6.92 Å². The van der Waals surface area contributed by atoms with Gasteiger partial charge in [-0.25, -0.2) is 0 Å². The van der Waals surface area contributed by atoms with Gasteiger partial charge in [-0.2, -0.15) is 0 Å². The number of carbonyl (C=O) groups is 1. The molecule has 0 bridgehead atoms. The lowest BCUT2D eigenvalue weighted by molar-refractivity contribution is -0.122. The molecule has 26 heavy (non-hydrogen) atoms. The van der Waals surface area contributed by atoms with Gasteiger partial charge in [0.2, 0.25) is 0 Å². The minimum Gasteiger partial charge on any atom is -0.494 e. The normalized spacial score (nSPS) is 11.7. The van der Waals surface area contributed by atoms with Crippen LogP contribution in [0.2, 0.25) is 5.02 Å². The first kappa shape index (κ1) is 20.1. The van der Waals surface area contributed by atoms with Crippen molar-refractivity contribution >= 4 is 23.2 Å². The molecule has 0 aromatic heterocycles. The first-order valence-corrected chi connectivity index (χ1v) is 9.34. The Labute approximate surface area is 160 Å². The maximum atomic E-state index is 12.3. The summed E-state index contributed by atoms with van der Waals surface area (Å²) in [4.78, 5) is 12.3. The maximum Gasteiger partial charge on any atom is 0.265 e. The number of nitrogens with one attached hydrogen (secondary N) is 1. The van der Waals surface area contributed by atoms with Gasteiger partial charge in [0, 0.05) is 10.7 Å². The molecule has 0 heterocycles. The number of halogens is 1. The summed E-state index contributed by atoms with van der Waals surface area (Å²) < 4.78 is 11.4. The van der Waals surface area contributed by atoms with Crippen molar-refractivity contribution in [2.24, 2.45) is 0 Å². The van der Waals surface area contributed by atoms with E-state index in [2.05, 4.69) is 12.2 Å². The van der Waals surface area contributed by atoms with Crippen molar-refractivity contribution in [1.29, 1.82) is 0 Å². The molecule has 0 saturated carbocycles. The lowest BCUT2D eigenvalue weighted by Crippen LogP contribution is -2.30. The van der Waals surface area contributed by atoms with Gasteiger partial charge in [-0.15, -0.1) is 0 Å². The van der Waals surface area contributed by atoms with Crippen molar-refractivity contribution in [2.75, 3.05) is 11.9 Å². The molecule has 0 fully saturated rings. The molecule has 2 aromatic carbocycles. The maximum absolute atomic E-state index is 12.3. The number of unbranched alkanes of at least 4 members (excludes halogenated alkanes) is 2. The fraction of sp³-hybridized carbons (Fsp3) is 0.381. The number of ether oxygens (including phenoxy) is 2. The van der Waals surface area contributed by atoms with Crippen molar-refractivity contribution in [3.63, 3.8) is 0 Å². The van der Waals surface area contributed by atoms with Gasteiger partial charge in [0.05, 0.1) is 6.61 Å². The van der Waals surface area contributed by atoms with E-state index in [1.54, 1.807) is 19.1 Å². The summed E-state index contributed by atoms with van der Waals surface area (Å²) in [6.07, 6.45) is 2.76. The van der Waals surface area contributed by atoms with Gasteiger partial charge in [0.15, 0.2) is 6.10 Å². The van der Waals surface area contributed by atoms with Crippen LogP contribution in [0.5, 0.6) is 11.5 Å². The first-order chi connectivity index (χ1) is 12.5. The molecule has 0 radical (unpaired) electrons. The average Bonchev–Trinajstić information content (AvgIpc) is 2.63. The van der Waals surface area contributed by atoms with Crippen LogP contribution in [0.1, 0.15) is 38.7 Å². The van der Waals surface area contributed by atoms with Crippen LogP contribution < -0.4 is 14.8 Å². The van der Waals surface area contributed by atoms with E-state index in [4.69, 9.17) is 21.1 Å². The van der Waals surface area contributed by atoms with Crippen molar-refractivity contribution in [2.45, 2.75) is 46.1 Å². The van der Waals surface area contributed by atoms with Crippen molar-refractivity contribution in [3.8, 4) is 11.5 Å². The lowest BCUT2D eigenvalue weighted by Gasteiger charge is -2.15. The van der Waals surface area contributed by atoms with Crippen LogP contribution in [0.4, 0.5) is 5.69 Å². The highest BCUT2D eigenvalue weighted by Crippen LogP contribution is 2.22. The van der Waals surface area contributed by atoms with Crippen LogP contribution in [0.25, 0.3) is 0 Å². The molecule has 5 heteroatoms. The second-order valence-corrected chi connectivity index (χ2v) is 6.65. The Bertz CT molecular complexity index is 716. The summed E-state index contributed by atoms with van der Waals surface area (Å²) >= 11 is 6.00. The zero-order valence-corrected chi connectivity index (χ0v) is 16.3. The summed E-state index contributed by atoms with van der Waals surface area (Å²) in [5.41, 5.74) is 1.62. The zero-order valence-electron chi connectivity index (χ0n) is 15.5. The topological polar surface area (TPSA) is 47.6 Å². The molecule has 2 aromatic rings. The highest BCUT2D eigenvalue weighted by Gasteiger charge is 2.15. The van der Waals surface area contributed by atoms with E-state index in [0.717, 1.165) is 17.7 Å². The highest BCUT2D eigenvalue weighted by atomic mass is 35.5. The number of rotatable bonds is 9. The van der Waals surface area contributed by atoms with Crippen LogP contribution in [-0.2, 0) is 4.79 Å². The summed E-state index contributed by atoms with van der Waals surface area (Å²) in [7, 11) is 0. The number of benzene rings is 2. The molecule has 1 amide bonds. The van der Waals surface area contributed by atoms with E-state index >= 15 is 0 Å². The number of aryl methyl sites for hydroxylation is 1. The first-order valence-electron chi connectivity index (χ1n) is 8.96. The van der Waals surface area contributed by atoms with Crippen LogP contribution in [0.15, 0.2) is 42.5 Å². The predicted molar refractivity (Wildman–Crippen MR) is 106 cm³/mol. The molecular weight excluding hydrogens is 350 g/mol. The van der Waals surface area contributed by atoms with Gasteiger partial charge in [-0.1, -0.05) is 31.4 Å². The highest BCUT2D eigenvalue weighted by molar-refractivity contribution is 6.31. The molecule has 1 atom stereocenters. The van der Waals surface area contributed by atoms with Crippen LogP contribution in [-0.4, -0.2) is 18.6 Å². The van der Waals surface area contributed by atoms with E-state index in [-0.39, 0.29) is 5.91 Å². The third-order valence-electron chi connectivity index (χ3n) is 3.95. The van der Waals surface area contributed by atoms with E-state index in [1.807, 2.05) is 37.3 Å². The molecular formula is C21H26ClNO3. The fourth-order valence-corrected chi connectivity index (χ4v) is 2.49. The largest absolute Gasteiger partial charge is 0.494 e. The number of carbonyl (C=O) groups excluding carboxylic acids is 1. The van der Waals surface area contributed by atoms with Gasteiger partial charge in [-0.3, -0.25) is 4.79 Å². The van der Waals surface area contributed by atoms with Gasteiger partial charge in [0.1, 0.15) is 11.5 Å². The Morgan fingerprint density at radius 3 is 2.46 bits per heavy atom. The molecule has 0 aliphatic carbocycles. The Morgan fingerprint density at radius 2 is 1.81 bits per heavy atom. The molecule has 2 rings (SSSR count). The molecule has 1 unspecified atom stereocenters. The monoisotopic (exact) mass is 375 g/mol. The number of amides is 1. The van der Waals surface area contributed by atoms with Crippen LogP contribution >= 0.6 is 11.6 Å². The summed E-state index contributed by atoms with van der Waals surface area (Å²) in [5, 5.41) is 3.52. The second-order valence-electron chi connectivity index (χ2n) is 6.24. The fourth-order valence-electron chi connectivity index (χ4n) is 2.37. The van der Waals surface area contributed by atoms with Gasteiger partial charge >= 0.3 is 0 Å². The molecule has 140 valence electrons. The lowest BCUT2D eigenvalue weighted by atomic mass is 10.2. The quantitative estimate of drug-likeness (QED) is 0.578. The third-order valence-corrected chi connectivity index (χ3v) is 4.37. The Kier molecular flexibility index (Phi) is 7.79. The minimum absolute atomic E-state index is 0.214. The third kappa shape index (κ3) is 6.26.